The number of nitrogens with zero attached hydrogens (tertiary/aromatic N) is 2. The van der Waals surface area contributed by atoms with Gasteiger partial charge in [-0.2, -0.15) is 5.26 Å². The van der Waals surface area contributed by atoms with Gasteiger partial charge in [-0.15, -0.1) is 23.5 Å². The lowest BCUT2D eigenvalue weighted by molar-refractivity contribution is 1.04. The minimum atomic E-state index is 0.829. The molecular weight excluding hydrogens is 248 g/mol. The summed E-state index contributed by atoms with van der Waals surface area (Å²) in [6, 6.07) is 8.48. The molecule has 0 aromatic carbocycles. The molecule has 17 heavy (non-hydrogen) atoms. The van der Waals surface area contributed by atoms with Crippen molar-refractivity contribution >= 4 is 29.0 Å². The summed E-state index contributed by atoms with van der Waals surface area (Å²) in [5.41, 5.74) is 1.97. The number of aromatic nitrogens is 1. The zero-order valence-corrected chi connectivity index (χ0v) is 11.6. The van der Waals surface area contributed by atoms with Crippen LogP contribution < -0.4 is 0 Å². The van der Waals surface area contributed by atoms with Crippen LogP contribution in [0.5, 0.6) is 0 Å². The Kier molecular flexibility index (Phi) is 4.03. The molecule has 0 saturated carbocycles. The van der Waals surface area contributed by atoms with Gasteiger partial charge in [0.25, 0.3) is 0 Å². The maximum Gasteiger partial charge on any atom is 0.103 e. The van der Waals surface area contributed by atoms with Crippen LogP contribution in [-0.2, 0) is 0 Å². The van der Waals surface area contributed by atoms with Crippen molar-refractivity contribution in [2.75, 3.05) is 11.5 Å². The quantitative estimate of drug-likeness (QED) is 0.779. The predicted octanol–water partition coefficient (Wildman–Crippen LogP) is 4.03. The molecule has 2 rings (SSSR count). The molecule has 0 amide bonds. The fourth-order valence-corrected chi connectivity index (χ4v) is 3.64. The van der Waals surface area contributed by atoms with Gasteiger partial charge < -0.3 is 4.40 Å². The molecular formula is C13H14N2S2. The number of fused-ring (bicyclic) bond motifs is 1. The largest absolute Gasteiger partial charge is 0.309 e. The van der Waals surface area contributed by atoms with Crippen LogP contribution in [0.3, 0.4) is 0 Å². The van der Waals surface area contributed by atoms with Gasteiger partial charge in [-0.1, -0.05) is 19.9 Å². The number of hydrogen-bond acceptors (Lipinski definition) is 3. The van der Waals surface area contributed by atoms with Gasteiger partial charge in [0.15, 0.2) is 0 Å². The molecule has 0 fully saturated rings. The zero-order valence-electron chi connectivity index (χ0n) is 9.93. The minimum Gasteiger partial charge on any atom is -0.309 e. The highest BCUT2D eigenvalue weighted by molar-refractivity contribution is 8.00. The number of rotatable bonds is 4. The normalized spacial score (nSPS) is 10.6. The van der Waals surface area contributed by atoms with E-state index in [1.54, 1.807) is 23.5 Å². The smallest absolute Gasteiger partial charge is 0.103 e. The van der Waals surface area contributed by atoms with Gasteiger partial charge in [0.1, 0.15) is 6.07 Å². The Morgan fingerprint density at radius 3 is 2.65 bits per heavy atom. The van der Waals surface area contributed by atoms with Crippen molar-refractivity contribution in [3.05, 3.63) is 30.0 Å². The first-order chi connectivity index (χ1) is 8.33. The van der Waals surface area contributed by atoms with Crippen molar-refractivity contribution < 1.29 is 0 Å². The van der Waals surface area contributed by atoms with E-state index < -0.39 is 0 Å². The molecule has 0 aliphatic heterocycles. The lowest BCUT2D eigenvalue weighted by Gasteiger charge is -1.99. The van der Waals surface area contributed by atoms with Crippen molar-refractivity contribution in [3.63, 3.8) is 0 Å². The molecule has 0 bridgehead atoms. The van der Waals surface area contributed by atoms with Crippen LogP contribution in [0.4, 0.5) is 0 Å². The fraction of sp³-hybridized carbons (Fsp3) is 0.308. The Balaban J connectivity index is 2.73. The molecule has 0 aliphatic carbocycles. The maximum absolute atomic E-state index is 9.36. The second-order valence-electron chi connectivity index (χ2n) is 3.44. The molecule has 0 atom stereocenters. The van der Waals surface area contributed by atoms with Crippen LogP contribution in [0.15, 0.2) is 34.3 Å². The topological polar surface area (TPSA) is 28.2 Å². The molecule has 0 saturated heterocycles. The lowest BCUT2D eigenvalue weighted by Crippen LogP contribution is -1.86. The van der Waals surface area contributed by atoms with Gasteiger partial charge in [-0.05, 0) is 23.6 Å². The van der Waals surface area contributed by atoms with Crippen molar-refractivity contribution in [1.82, 2.24) is 4.40 Å². The van der Waals surface area contributed by atoms with Gasteiger partial charge in [-0.3, -0.25) is 0 Å². The van der Waals surface area contributed by atoms with E-state index in [1.165, 1.54) is 0 Å². The second-order valence-corrected chi connectivity index (χ2v) is 5.97. The van der Waals surface area contributed by atoms with Crippen LogP contribution in [0, 0.1) is 11.3 Å². The van der Waals surface area contributed by atoms with Crippen LogP contribution >= 0.6 is 23.5 Å². The Morgan fingerprint density at radius 2 is 2.00 bits per heavy atom. The number of nitriles is 1. The third-order valence-corrected chi connectivity index (χ3v) is 4.39. The summed E-state index contributed by atoms with van der Waals surface area (Å²) in [6.07, 6.45) is 2.04. The Labute approximate surface area is 110 Å². The summed E-state index contributed by atoms with van der Waals surface area (Å²) in [5, 5.41) is 10.4. The number of thioether (sulfide) groups is 2. The van der Waals surface area contributed by atoms with Crippen LogP contribution in [0.2, 0.25) is 0 Å². The van der Waals surface area contributed by atoms with Gasteiger partial charge in [0, 0.05) is 6.20 Å². The lowest BCUT2D eigenvalue weighted by atomic mass is 10.3. The van der Waals surface area contributed by atoms with Gasteiger partial charge in [-0.25, -0.2) is 0 Å². The highest BCUT2D eigenvalue weighted by Gasteiger charge is 2.17. The summed E-state index contributed by atoms with van der Waals surface area (Å²) < 4.78 is 2.13. The average Bonchev–Trinajstić information content (AvgIpc) is 2.65. The molecule has 2 heterocycles. The van der Waals surface area contributed by atoms with Crippen molar-refractivity contribution in [3.8, 4) is 6.07 Å². The van der Waals surface area contributed by atoms with E-state index in [9.17, 15) is 5.26 Å². The summed E-state index contributed by atoms with van der Waals surface area (Å²) in [6.45, 7) is 4.23. The van der Waals surface area contributed by atoms with Crippen LogP contribution in [0.25, 0.3) is 5.52 Å². The first-order valence-electron chi connectivity index (χ1n) is 5.62. The molecule has 0 aliphatic rings. The molecule has 0 N–H and O–H groups in total. The SMILES string of the molecule is CCSc1c(C#N)c(SCC)n2ccccc12. The van der Waals surface area contributed by atoms with E-state index in [4.69, 9.17) is 0 Å². The van der Waals surface area contributed by atoms with E-state index in [-0.39, 0.29) is 0 Å². The number of hydrogen-bond donors (Lipinski definition) is 0. The van der Waals surface area contributed by atoms with E-state index in [0.29, 0.717) is 0 Å². The molecule has 2 aromatic rings. The Bertz CT molecular complexity index is 524. The highest BCUT2D eigenvalue weighted by Crippen LogP contribution is 2.36. The van der Waals surface area contributed by atoms with Gasteiger partial charge in [0.2, 0.25) is 0 Å². The molecule has 0 spiro atoms. The van der Waals surface area contributed by atoms with Gasteiger partial charge in [0.05, 0.1) is 21.0 Å². The average molecular weight is 262 g/mol. The van der Waals surface area contributed by atoms with E-state index in [0.717, 1.165) is 32.5 Å². The predicted molar refractivity (Wildman–Crippen MR) is 74.9 cm³/mol. The van der Waals surface area contributed by atoms with Crippen LogP contribution in [0.1, 0.15) is 19.4 Å². The summed E-state index contributed by atoms with van der Waals surface area (Å²) in [5.74, 6) is 1.96. The molecule has 4 heteroatoms. The van der Waals surface area contributed by atoms with Crippen LogP contribution in [-0.4, -0.2) is 15.9 Å². The fourth-order valence-electron chi connectivity index (χ4n) is 1.82. The van der Waals surface area contributed by atoms with E-state index in [2.05, 4.69) is 30.4 Å². The summed E-state index contributed by atoms with van der Waals surface area (Å²) >= 11 is 3.48. The van der Waals surface area contributed by atoms with Crippen molar-refractivity contribution in [2.45, 2.75) is 23.8 Å². The minimum absolute atomic E-state index is 0.829. The molecule has 2 aromatic heterocycles. The van der Waals surface area contributed by atoms with Crippen molar-refractivity contribution in [2.24, 2.45) is 0 Å². The Hall–Kier alpha value is -1.05. The zero-order chi connectivity index (χ0) is 12.3. The van der Waals surface area contributed by atoms with E-state index in [1.807, 2.05) is 18.3 Å². The summed E-state index contributed by atoms with van der Waals surface area (Å²) in [7, 11) is 0. The molecule has 0 radical (unpaired) electrons. The Morgan fingerprint density at radius 1 is 1.24 bits per heavy atom. The standard InChI is InChI=1S/C13H14N2S2/c1-3-16-12-10(9-14)13(17-4-2)15-8-6-5-7-11(12)15/h5-8H,3-4H2,1-2H3. The summed E-state index contributed by atoms with van der Waals surface area (Å²) in [4.78, 5) is 1.12. The van der Waals surface area contributed by atoms with Gasteiger partial charge >= 0.3 is 0 Å². The second kappa shape index (κ2) is 5.52. The number of pyridine rings is 1. The highest BCUT2D eigenvalue weighted by atomic mass is 32.2. The third kappa shape index (κ3) is 2.18. The first kappa shape index (κ1) is 12.4. The third-order valence-electron chi connectivity index (χ3n) is 2.43. The molecule has 2 nitrogen and oxygen atoms in total. The molecule has 0 unspecified atom stereocenters. The maximum atomic E-state index is 9.36. The van der Waals surface area contributed by atoms with Crippen molar-refractivity contribution in [1.29, 1.82) is 5.26 Å². The van der Waals surface area contributed by atoms with E-state index >= 15 is 0 Å². The molecule has 88 valence electrons. The first-order valence-corrected chi connectivity index (χ1v) is 7.59. The monoisotopic (exact) mass is 262 g/mol.